The van der Waals surface area contributed by atoms with E-state index < -0.39 is 13.3 Å². The number of hydrogen-bond donors (Lipinski definition) is 0. The molecule has 0 aliphatic heterocycles. The fourth-order valence-electron chi connectivity index (χ4n) is 1.09. The average Bonchev–Trinajstić information content (AvgIpc) is 2.03. The molecule has 0 nitrogen and oxygen atoms in total. The Morgan fingerprint density at radius 2 is 1.50 bits per heavy atom. The van der Waals surface area contributed by atoms with Gasteiger partial charge >= 0.3 is 82.1 Å². The number of hydrogen-bond acceptors (Lipinski definition) is 1. The van der Waals surface area contributed by atoms with E-state index >= 15 is 0 Å². The van der Waals surface area contributed by atoms with Crippen LogP contribution >= 0.6 is 11.8 Å². The standard InChI is InChI=1S/C10H16GeS/c1-11(2,3)9-5-7-10(12-4)8-6-9/h5-8H,1-4H3. The zero-order valence-corrected chi connectivity index (χ0v) is 11.1. The molecule has 1 aromatic rings. The van der Waals surface area contributed by atoms with Gasteiger partial charge in [-0.2, -0.15) is 0 Å². The monoisotopic (exact) mass is 242 g/mol. The van der Waals surface area contributed by atoms with Crippen molar-refractivity contribution in [1.82, 2.24) is 0 Å². The van der Waals surface area contributed by atoms with Gasteiger partial charge in [0.25, 0.3) is 0 Å². The molecular weight excluding hydrogens is 225 g/mol. The van der Waals surface area contributed by atoms with Gasteiger partial charge in [0.2, 0.25) is 0 Å². The molecule has 2 heteroatoms. The summed E-state index contributed by atoms with van der Waals surface area (Å²) < 4.78 is 1.59. The number of benzene rings is 1. The molecule has 1 aromatic carbocycles. The molecule has 0 heterocycles. The van der Waals surface area contributed by atoms with Crippen LogP contribution in [0, 0.1) is 0 Å². The van der Waals surface area contributed by atoms with Gasteiger partial charge in [-0.15, -0.1) is 0 Å². The van der Waals surface area contributed by atoms with Gasteiger partial charge in [-0.25, -0.2) is 0 Å². The van der Waals surface area contributed by atoms with E-state index in [2.05, 4.69) is 47.8 Å². The van der Waals surface area contributed by atoms with Gasteiger partial charge in [0, 0.05) is 0 Å². The van der Waals surface area contributed by atoms with Crippen LogP contribution in [-0.4, -0.2) is 19.5 Å². The van der Waals surface area contributed by atoms with E-state index in [9.17, 15) is 0 Å². The first-order chi connectivity index (χ1) is 5.54. The second kappa shape index (κ2) is 3.88. The van der Waals surface area contributed by atoms with Gasteiger partial charge < -0.3 is 0 Å². The van der Waals surface area contributed by atoms with Crippen LogP contribution < -0.4 is 4.40 Å². The van der Waals surface area contributed by atoms with E-state index in [1.807, 2.05) is 11.8 Å². The van der Waals surface area contributed by atoms with Gasteiger partial charge in [0.15, 0.2) is 0 Å². The summed E-state index contributed by atoms with van der Waals surface area (Å²) in [5, 5.41) is 0. The van der Waals surface area contributed by atoms with Crippen molar-refractivity contribution in [2.45, 2.75) is 22.2 Å². The Morgan fingerprint density at radius 3 is 1.83 bits per heavy atom. The van der Waals surface area contributed by atoms with E-state index in [0.29, 0.717) is 0 Å². The first kappa shape index (κ1) is 10.2. The molecule has 0 bridgehead atoms. The Kier molecular flexibility index (Phi) is 3.30. The van der Waals surface area contributed by atoms with E-state index in [4.69, 9.17) is 0 Å². The minimum absolute atomic E-state index is 1.37. The summed E-state index contributed by atoms with van der Waals surface area (Å²) in [7, 11) is 0. The molecule has 0 saturated heterocycles. The van der Waals surface area contributed by atoms with Crippen molar-refractivity contribution in [2.24, 2.45) is 0 Å². The van der Waals surface area contributed by atoms with E-state index in [1.165, 1.54) is 4.90 Å². The SMILES string of the molecule is CSc1cc[c]([Ge]([CH3])([CH3])[CH3])cc1. The fourth-order valence-corrected chi connectivity index (χ4v) is 3.95. The topological polar surface area (TPSA) is 0 Å². The van der Waals surface area contributed by atoms with Gasteiger partial charge in [0.1, 0.15) is 0 Å². The van der Waals surface area contributed by atoms with Crippen LogP contribution in [0.3, 0.4) is 0 Å². The predicted octanol–water partition coefficient (Wildman–Crippen LogP) is 2.95. The molecular formula is C10H16GeS. The molecule has 1 rings (SSSR count). The third-order valence-corrected chi connectivity index (χ3v) is 7.03. The summed E-state index contributed by atoms with van der Waals surface area (Å²) in [6, 6.07) is 9.06. The zero-order chi connectivity index (χ0) is 9.19. The van der Waals surface area contributed by atoms with E-state index in [-0.39, 0.29) is 0 Å². The molecule has 0 aliphatic rings. The molecule has 0 N–H and O–H groups in total. The van der Waals surface area contributed by atoms with Crippen molar-refractivity contribution in [3.63, 3.8) is 0 Å². The fraction of sp³-hybridized carbons (Fsp3) is 0.400. The molecule has 0 amide bonds. The molecule has 66 valence electrons. The normalized spacial score (nSPS) is 11.7. The Morgan fingerprint density at radius 1 is 1.00 bits per heavy atom. The molecule has 0 atom stereocenters. The molecule has 0 aromatic heterocycles. The maximum absolute atomic E-state index is 2.42. The average molecular weight is 241 g/mol. The van der Waals surface area contributed by atoms with Gasteiger partial charge in [-0.05, 0) is 0 Å². The van der Waals surface area contributed by atoms with Crippen molar-refractivity contribution >= 4 is 29.4 Å². The van der Waals surface area contributed by atoms with Crippen LogP contribution in [0.15, 0.2) is 29.2 Å². The van der Waals surface area contributed by atoms with Crippen molar-refractivity contribution in [3.05, 3.63) is 24.3 Å². The van der Waals surface area contributed by atoms with Crippen LogP contribution in [0.2, 0.25) is 17.3 Å². The summed E-state index contributed by atoms with van der Waals surface area (Å²) >= 11 is 0.257. The summed E-state index contributed by atoms with van der Waals surface area (Å²) in [6.07, 6.45) is 2.12. The molecule has 0 unspecified atom stereocenters. The molecule has 12 heavy (non-hydrogen) atoms. The maximum atomic E-state index is 2.42. The van der Waals surface area contributed by atoms with Gasteiger partial charge in [-0.3, -0.25) is 0 Å². The molecule has 0 aliphatic carbocycles. The van der Waals surface area contributed by atoms with Crippen LogP contribution in [0.25, 0.3) is 0 Å². The molecule has 0 fully saturated rings. The van der Waals surface area contributed by atoms with Crippen molar-refractivity contribution in [3.8, 4) is 0 Å². The molecule has 0 saturated carbocycles. The van der Waals surface area contributed by atoms with Crippen molar-refractivity contribution in [1.29, 1.82) is 0 Å². The summed E-state index contributed by atoms with van der Waals surface area (Å²) in [4.78, 5) is 1.37. The van der Waals surface area contributed by atoms with Crippen LogP contribution in [0.5, 0.6) is 0 Å². The Hall–Kier alpha value is 0.113. The van der Waals surface area contributed by atoms with Crippen molar-refractivity contribution < 1.29 is 0 Å². The van der Waals surface area contributed by atoms with Crippen molar-refractivity contribution in [2.75, 3.05) is 6.26 Å². The summed E-state index contributed by atoms with van der Waals surface area (Å²) in [5.41, 5.74) is 0. The number of thioether (sulfide) groups is 1. The Bertz CT molecular complexity index is 246. The Balaban J connectivity index is 2.93. The molecule has 0 spiro atoms. The van der Waals surface area contributed by atoms with Crippen LogP contribution in [-0.2, 0) is 0 Å². The summed E-state index contributed by atoms with van der Waals surface area (Å²) in [6.45, 7) is 0. The quantitative estimate of drug-likeness (QED) is 0.566. The third kappa shape index (κ3) is 2.56. The van der Waals surface area contributed by atoms with Gasteiger partial charge in [-0.1, -0.05) is 0 Å². The second-order valence-electron chi connectivity index (χ2n) is 3.98. The summed E-state index contributed by atoms with van der Waals surface area (Å²) in [5.74, 6) is 7.27. The first-order valence-corrected chi connectivity index (χ1v) is 12.8. The van der Waals surface area contributed by atoms with E-state index in [0.717, 1.165) is 0 Å². The second-order valence-corrected chi connectivity index (χ2v) is 15.5. The first-order valence-electron chi connectivity index (χ1n) is 4.18. The minimum atomic E-state index is -1.55. The van der Waals surface area contributed by atoms with Gasteiger partial charge in [0.05, 0.1) is 0 Å². The van der Waals surface area contributed by atoms with Crippen LogP contribution in [0.1, 0.15) is 0 Å². The van der Waals surface area contributed by atoms with Crippen LogP contribution in [0.4, 0.5) is 0 Å². The number of rotatable bonds is 2. The zero-order valence-electron chi connectivity index (χ0n) is 8.22. The molecule has 0 radical (unpaired) electrons. The predicted molar refractivity (Wildman–Crippen MR) is 61.2 cm³/mol. The third-order valence-electron chi connectivity index (χ3n) is 1.96. The Labute approximate surface area is 82.1 Å². The van der Waals surface area contributed by atoms with E-state index in [1.54, 1.807) is 4.40 Å².